The van der Waals surface area contributed by atoms with Crippen molar-refractivity contribution in [3.63, 3.8) is 0 Å². The summed E-state index contributed by atoms with van der Waals surface area (Å²) in [4.78, 5) is 22.9. The van der Waals surface area contributed by atoms with Crippen LogP contribution in [0.3, 0.4) is 0 Å². The predicted octanol–water partition coefficient (Wildman–Crippen LogP) is 2.77. The number of ether oxygens (including phenoxy) is 3. The van der Waals surface area contributed by atoms with Gasteiger partial charge >= 0.3 is 5.97 Å². The summed E-state index contributed by atoms with van der Waals surface area (Å²) in [5.41, 5.74) is 5.19. The number of aryl methyl sites for hydroxylation is 2. The zero-order chi connectivity index (χ0) is 19.8. The molecule has 7 heteroatoms. The molecular weight excluding hydrogens is 348 g/mol. The topological polar surface area (TPSA) is 86.2 Å². The Morgan fingerprint density at radius 2 is 1.78 bits per heavy atom. The molecule has 0 spiro atoms. The highest BCUT2D eigenvalue weighted by Crippen LogP contribution is 2.27. The number of carbonyl (C=O) groups is 2. The van der Waals surface area contributed by atoms with Crippen molar-refractivity contribution >= 4 is 18.1 Å². The van der Waals surface area contributed by atoms with Crippen LogP contribution in [-0.4, -0.2) is 31.8 Å². The molecule has 0 radical (unpaired) electrons. The van der Waals surface area contributed by atoms with Gasteiger partial charge in [0.25, 0.3) is 5.91 Å². The van der Waals surface area contributed by atoms with Crippen molar-refractivity contribution in [2.45, 2.75) is 20.8 Å². The van der Waals surface area contributed by atoms with Gasteiger partial charge in [0.2, 0.25) is 0 Å². The number of methoxy groups -OCH3 is 1. The van der Waals surface area contributed by atoms with Gasteiger partial charge in [-0.3, -0.25) is 9.59 Å². The van der Waals surface area contributed by atoms with Crippen LogP contribution in [0.1, 0.15) is 23.6 Å². The van der Waals surface area contributed by atoms with Gasteiger partial charge in [-0.25, -0.2) is 5.43 Å². The van der Waals surface area contributed by atoms with Gasteiger partial charge in [0.1, 0.15) is 5.75 Å². The van der Waals surface area contributed by atoms with Gasteiger partial charge in [-0.05, 0) is 60.9 Å². The molecule has 1 N–H and O–H groups in total. The van der Waals surface area contributed by atoms with E-state index in [9.17, 15) is 9.59 Å². The van der Waals surface area contributed by atoms with E-state index in [1.807, 2.05) is 32.0 Å². The molecule has 1 amide bonds. The molecule has 0 aliphatic heterocycles. The summed E-state index contributed by atoms with van der Waals surface area (Å²) in [6.45, 7) is 5.09. The summed E-state index contributed by atoms with van der Waals surface area (Å²) in [6.07, 6.45) is 1.45. The molecule has 0 saturated carbocycles. The number of hydrazone groups is 1. The largest absolute Gasteiger partial charge is 0.493 e. The van der Waals surface area contributed by atoms with Gasteiger partial charge in [0.05, 0.1) is 13.3 Å². The average Bonchev–Trinajstić information content (AvgIpc) is 2.60. The number of hydrogen-bond acceptors (Lipinski definition) is 6. The Bertz CT molecular complexity index is 841. The molecule has 0 aliphatic rings. The monoisotopic (exact) mass is 370 g/mol. The first-order chi connectivity index (χ1) is 12.9. The Kier molecular flexibility index (Phi) is 6.93. The lowest BCUT2D eigenvalue weighted by Gasteiger charge is -2.08. The van der Waals surface area contributed by atoms with E-state index in [4.69, 9.17) is 14.2 Å². The number of nitrogens with one attached hydrogen (secondary N) is 1. The van der Waals surface area contributed by atoms with Crippen LogP contribution < -0.4 is 19.6 Å². The quantitative estimate of drug-likeness (QED) is 0.351. The molecular formula is C20H22N2O5. The summed E-state index contributed by atoms with van der Waals surface area (Å²) in [5, 5.41) is 3.89. The first-order valence-electron chi connectivity index (χ1n) is 8.27. The molecule has 2 rings (SSSR count). The zero-order valence-corrected chi connectivity index (χ0v) is 15.7. The molecule has 0 fully saturated rings. The first-order valence-corrected chi connectivity index (χ1v) is 8.27. The number of amides is 1. The fraction of sp³-hybridized carbons (Fsp3) is 0.250. The molecule has 27 heavy (non-hydrogen) atoms. The number of hydrogen-bond donors (Lipinski definition) is 1. The number of rotatable bonds is 7. The minimum Gasteiger partial charge on any atom is -0.493 e. The minimum absolute atomic E-state index is 0.144. The van der Waals surface area contributed by atoms with Crippen molar-refractivity contribution in [2.75, 3.05) is 13.7 Å². The Morgan fingerprint density at radius 1 is 1.07 bits per heavy atom. The normalized spacial score (nSPS) is 10.5. The maximum atomic E-state index is 11.8. The second-order valence-electron chi connectivity index (χ2n) is 5.91. The third-order valence-corrected chi connectivity index (χ3v) is 3.41. The van der Waals surface area contributed by atoms with Crippen LogP contribution in [0.2, 0.25) is 0 Å². The average molecular weight is 370 g/mol. The van der Waals surface area contributed by atoms with Crippen LogP contribution >= 0.6 is 0 Å². The maximum Gasteiger partial charge on any atom is 0.308 e. The van der Waals surface area contributed by atoms with E-state index in [0.29, 0.717) is 22.8 Å². The van der Waals surface area contributed by atoms with E-state index < -0.39 is 5.97 Å². The number of carbonyl (C=O) groups excluding carboxylic acids is 2. The molecule has 0 aliphatic carbocycles. The summed E-state index contributed by atoms with van der Waals surface area (Å²) in [6, 6.07) is 10.7. The van der Waals surface area contributed by atoms with Crippen molar-refractivity contribution in [3.8, 4) is 17.2 Å². The number of esters is 1. The molecule has 0 atom stereocenters. The molecule has 2 aromatic rings. The number of nitrogens with zero attached hydrogens (tertiary/aromatic N) is 1. The predicted molar refractivity (Wildman–Crippen MR) is 101 cm³/mol. The Balaban J connectivity index is 1.90. The summed E-state index contributed by atoms with van der Waals surface area (Å²) < 4.78 is 15.7. The van der Waals surface area contributed by atoms with Gasteiger partial charge in [-0.2, -0.15) is 5.10 Å². The van der Waals surface area contributed by atoms with E-state index in [1.54, 1.807) is 18.2 Å². The van der Waals surface area contributed by atoms with Gasteiger partial charge < -0.3 is 14.2 Å². The van der Waals surface area contributed by atoms with Gasteiger partial charge in [0, 0.05) is 6.92 Å². The second kappa shape index (κ2) is 9.38. The molecule has 0 bridgehead atoms. The standard InChI is InChI=1S/C20H22N2O5/c1-13-7-14(2)9-17(8-13)26-12-20(24)22-21-11-16-5-6-18(27-15(3)23)19(10-16)25-4/h5-11H,12H2,1-4H3,(H,22,24). The molecule has 0 aromatic heterocycles. The second-order valence-corrected chi connectivity index (χ2v) is 5.91. The van der Waals surface area contributed by atoms with Gasteiger partial charge in [-0.15, -0.1) is 0 Å². The van der Waals surface area contributed by atoms with Crippen LogP contribution in [-0.2, 0) is 9.59 Å². The number of benzene rings is 2. The van der Waals surface area contributed by atoms with Crippen molar-refractivity contribution in [1.29, 1.82) is 0 Å². The van der Waals surface area contributed by atoms with E-state index in [-0.39, 0.29) is 12.5 Å². The Morgan fingerprint density at radius 3 is 2.41 bits per heavy atom. The lowest BCUT2D eigenvalue weighted by molar-refractivity contribution is -0.132. The summed E-state index contributed by atoms with van der Waals surface area (Å²) >= 11 is 0. The van der Waals surface area contributed by atoms with Crippen molar-refractivity contribution < 1.29 is 23.8 Å². The molecule has 0 heterocycles. The lowest BCUT2D eigenvalue weighted by Crippen LogP contribution is -2.24. The van der Waals surface area contributed by atoms with Crippen LogP contribution in [0.25, 0.3) is 0 Å². The van der Waals surface area contributed by atoms with Crippen molar-refractivity contribution in [2.24, 2.45) is 5.10 Å². The molecule has 7 nitrogen and oxygen atoms in total. The lowest BCUT2D eigenvalue weighted by atomic mass is 10.1. The minimum atomic E-state index is -0.439. The molecule has 2 aromatic carbocycles. The fourth-order valence-corrected chi connectivity index (χ4v) is 2.38. The van der Waals surface area contributed by atoms with Crippen molar-refractivity contribution in [3.05, 3.63) is 53.1 Å². The smallest absolute Gasteiger partial charge is 0.308 e. The highest BCUT2D eigenvalue weighted by Gasteiger charge is 2.07. The van der Waals surface area contributed by atoms with E-state index in [0.717, 1.165) is 11.1 Å². The van der Waals surface area contributed by atoms with Gasteiger partial charge in [0.15, 0.2) is 18.1 Å². The molecule has 142 valence electrons. The van der Waals surface area contributed by atoms with Crippen LogP contribution in [0.5, 0.6) is 17.2 Å². The Labute approximate surface area is 157 Å². The molecule has 0 unspecified atom stereocenters. The van der Waals surface area contributed by atoms with Crippen LogP contribution in [0.4, 0.5) is 0 Å². The third-order valence-electron chi connectivity index (χ3n) is 3.41. The van der Waals surface area contributed by atoms with E-state index >= 15 is 0 Å². The fourth-order valence-electron chi connectivity index (χ4n) is 2.38. The highest BCUT2D eigenvalue weighted by atomic mass is 16.6. The first kappa shape index (κ1) is 20.0. The van der Waals surface area contributed by atoms with Crippen LogP contribution in [0.15, 0.2) is 41.5 Å². The third kappa shape index (κ3) is 6.47. The zero-order valence-electron chi connectivity index (χ0n) is 15.7. The van der Waals surface area contributed by atoms with Crippen molar-refractivity contribution in [1.82, 2.24) is 5.43 Å². The van der Waals surface area contributed by atoms with E-state index in [2.05, 4.69) is 10.5 Å². The maximum absolute atomic E-state index is 11.8. The Hall–Kier alpha value is -3.35. The molecule has 0 saturated heterocycles. The van der Waals surface area contributed by atoms with Gasteiger partial charge in [-0.1, -0.05) is 6.07 Å². The van der Waals surface area contributed by atoms with Crippen LogP contribution in [0, 0.1) is 13.8 Å². The summed E-state index contributed by atoms with van der Waals surface area (Å²) in [5.74, 6) is 0.517. The SMILES string of the molecule is COc1cc(C=NNC(=O)COc2cc(C)cc(C)c2)ccc1OC(C)=O. The summed E-state index contributed by atoms with van der Waals surface area (Å²) in [7, 11) is 1.47. The highest BCUT2D eigenvalue weighted by molar-refractivity contribution is 5.84. The van der Waals surface area contributed by atoms with E-state index in [1.165, 1.54) is 20.2 Å².